The Morgan fingerprint density at radius 1 is 1.24 bits per heavy atom. The van der Waals surface area contributed by atoms with E-state index in [4.69, 9.17) is 9.47 Å². The quantitative estimate of drug-likeness (QED) is 0.588. The molecule has 118 valence electrons. The van der Waals surface area contributed by atoms with E-state index in [0.717, 1.165) is 28.7 Å². The van der Waals surface area contributed by atoms with E-state index < -0.39 is 0 Å². The molecule has 1 aromatic rings. The molecule has 0 aromatic heterocycles. The highest BCUT2D eigenvalue weighted by Gasteiger charge is 2.11. The highest BCUT2D eigenvalue weighted by atomic mass is 35.5. The van der Waals surface area contributed by atoms with Gasteiger partial charge in [-0.3, -0.25) is 4.79 Å². The highest BCUT2D eigenvalue weighted by Crippen LogP contribution is 2.34. The molecule has 0 unspecified atom stereocenters. The number of fused-ring (bicyclic) bond motifs is 1. The molecule has 0 radical (unpaired) electrons. The maximum absolute atomic E-state index is 11.5. The molecule has 0 saturated heterocycles. The summed E-state index contributed by atoms with van der Waals surface area (Å²) in [4.78, 5) is 12.6. The number of ether oxygens (including phenoxy) is 2. The predicted molar refractivity (Wildman–Crippen MR) is 87.0 cm³/mol. The molecule has 0 spiro atoms. The summed E-state index contributed by atoms with van der Waals surface area (Å²) < 4.78 is 11.0. The van der Waals surface area contributed by atoms with Crippen molar-refractivity contribution in [2.45, 2.75) is 11.3 Å². The third kappa shape index (κ3) is 6.03. The number of hydrogen-bond acceptors (Lipinski definition) is 5. The summed E-state index contributed by atoms with van der Waals surface area (Å²) in [6.45, 7) is 2.66. The minimum Gasteiger partial charge on any atom is -0.486 e. The Hall–Kier alpha value is -1.11. The zero-order valence-electron chi connectivity index (χ0n) is 12.0. The van der Waals surface area contributed by atoms with E-state index in [0.29, 0.717) is 26.2 Å². The third-order valence-electron chi connectivity index (χ3n) is 2.81. The van der Waals surface area contributed by atoms with Gasteiger partial charge < -0.3 is 20.1 Å². The first-order valence-corrected chi connectivity index (χ1v) is 7.72. The van der Waals surface area contributed by atoms with Gasteiger partial charge in [0, 0.05) is 30.2 Å². The van der Waals surface area contributed by atoms with Crippen molar-refractivity contribution in [1.29, 1.82) is 0 Å². The molecule has 1 aliphatic rings. The number of hydrogen-bond donors (Lipinski definition) is 2. The topological polar surface area (TPSA) is 59.6 Å². The molecule has 1 aromatic carbocycles. The van der Waals surface area contributed by atoms with Crippen LogP contribution < -0.4 is 20.1 Å². The van der Waals surface area contributed by atoms with Gasteiger partial charge in [0.05, 0.1) is 0 Å². The second-order valence-electron chi connectivity index (χ2n) is 4.36. The molecule has 1 heterocycles. The second-order valence-corrected chi connectivity index (χ2v) is 5.53. The Bertz CT molecular complexity index is 460. The number of likely N-dealkylation sites (N-methyl/N-ethyl adjacent to an activating group) is 1. The minimum absolute atomic E-state index is 0. The molecule has 0 atom stereocenters. The van der Waals surface area contributed by atoms with Crippen LogP contribution in [0.5, 0.6) is 11.5 Å². The fourth-order valence-corrected chi connectivity index (χ4v) is 2.67. The summed E-state index contributed by atoms with van der Waals surface area (Å²) in [5.41, 5.74) is 0. The van der Waals surface area contributed by atoms with Crippen molar-refractivity contribution < 1.29 is 14.3 Å². The van der Waals surface area contributed by atoms with Crippen molar-refractivity contribution in [3.63, 3.8) is 0 Å². The van der Waals surface area contributed by atoms with E-state index in [1.807, 2.05) is 25.2 Å². The summed E-state index contributed by atoms with van der Waals surface area (Å²) in [6, 6.07) is 5.89. The standard InChI is InChI=1S/C14H20N2O3S.ClH/c1-15-5-6-16-14(17)4-9-20-11-2-3-12-13(10-11)19-8-7-18-12;/h2-3,10,15H,4-9H2,1H3,(H,16,17);1H. The van der Waals surface area contributed by atoms with Crippen LogP contribution in [0.4, 0.5) is 0 Å². The van der Waals surface area contributed by atoms with Crippen LogP contribution in [0.2, 0.25) is 0 Å². The lowest BCUT2D eigenvalue weighted by Gasteiger charge is -2.18. The van der Waals surface area contributed by atoms with Crippen LogP contribution in [-0.4, -0.2) is 45.0 Å². The van der Waals surface area contributed by atoms with Crippen LogP contribution >= 0.6 is 24.2 Å². The third-order valence-corrected chi connectivity index (χ3v) is 3.80. The average Bonchev–Trinajstić information content (AvgIpc) is 2.47. The summed E-state index contributed by atoms with van der Waals surface area (Å²) in [6.07, 6.45) is 0.517. The maximum atomic E-state index is 11.5. The van der Waals surface area contributed by atoms with E-state index in [2.05, 4.69) is 10.6 Å². The van der Waals surface area contributed by atoms with Gasteiger partial charge in [-0.15, -0.1) is 24.2 Å². The van der Waals surface area contributed by atoms with Gasteiger partial charge in [0.25, 0.3) is 0 Å². The molecule has 1 aliphatic heterocycles. The van der Waals surface area contributed by atoms with Crippen molar-refractivity contribution in [3.8, 4) is 11.5 Å². The Balaban J connectivity index is 0.00000220. The number of amides is 1. The Morgan fingerprint density at radius 3 is 2.76 bits per heavy atom. The Kier molecular flexibility index (Phi) is 8.34. The van der Waals surface area contributed by atoms with Crippen molar-refractivity contribution in [2.24, 2.45) is 0 Å². The van der Waals surface area contributed by atoms with Crippen LogP contribution in [0.3, 0.4) is 0 Å². The summed E-state index contributed by atoms with van der Waals surface area (Å²) in [5, 5.41) is 5.85. The predicted octanol–water partition coefficient (Wildman–Crippen LogP) is 1.70. The van der Waals surface area contributed by atoms with Gasteiger partial charge in [0.2, 0.25) is 5.91 Å². The SMILES string of the molecule is CNCCNC(=O)CCSc1ccc2c(c1)OCCO2.Cl. The molecule has 0 fully saturated rings. The summed E-state index contributed by atoms with van der Waals surface area (Å²) in [5.74, 6) is 2.43. The first kappa shape index (κ1) is 17.9. The lowest BCUT2D eigenvalue weighted by molar-refractivity contribution is -0.120. The van der Waals surface area contributed by atoms with Gasteiger partial charge in [0.1, 0.15) is 13.2 Å². The van der Waals surface area contributed by atoms with Gasteiger partial charge in [-0.25, -0.2) is 0 Å². The van der Waals surface area contributed by atoms with Crippen molar-refractivity contribution in [1.82, 2.24) is 10.6 Å². The molecule has 0 bridgehead atoms. The van der Waals surface area contributed by atoms with Crippen molar-refractivity contribution in [2.75, 3.05) is 39.1 Å². The first-order valence-electron chi connectivity index (χ1n) is 6.73. The summed E-state index contributed by atoms with van der Waals surface area (Å²) in [7, 11) is 1.86. The lowest BCUT2D eigenvalue weighted by atomic mass is 10.3. The number of halogens is 1. The van der Waals surface area contributed by atoms with Gasteiger partial charge in [-0.1, -0.05) is 0 Å². The van der Waals surface area contributed by atoms with Gasteiger partial charge in [0.15, 0.2) is 11.5 Å². The van der Waals surface area contributed by atoms with Gasteiger partial charge in [-0.2, -0.15) is 0 Å². The van der Waals surface area contributed by atoms with Crippen LogP contribution in [0.25, 0.3) is 0 Å². The normalized spacial score (nSPS) is 12.4. The van der Waals surface area contributed by atoms with Crippen molar-refractivity contribution >= 4 is 30.1 Å². The second kappa shape index (κ2) is 9.76. The average molecular weight is 333 g/mol. The molecule has 7 heteroatoms. The Morgan fingerprint density at radius 2 is 2.00 bits per heavy atom. The molecular formula is C14H21ClN2O3S. The van der Waals surface area contributed by atoms with Crippen LogP contribution in [0, 0.1) is 0 Å². The summed E-state index contributed by atoms with van der Waals surface area (Å²) >= 11 is 1.65. The van der Waals surface area contributed by atoms with Crippen LogP contribution in [0.15, 0.2) is 23.1 Å². The van der Waals surface area contributed by atoms with E-state index >= 15 is 0 Å². The molecule has 0 aliphatic carbocycles. The number of thioether (sulfide) groups is 1. The Labute approximate surface area is 135 Å². The van der Waals surface area contributed by atoms with E-state index in [-0.39, 0.29) is 18.3 Å². The fourth-order valence-electron chi connectivity index (χ4n) is 1.79. The lowest BCUT2D eigenvalue weighted by Crippen LogP contribution is -2.30. The van der Waals surface area contributed by atoms with Gasteiger partial charge in [-0.05, 0) is 25.2 Å². The number of nitrogens with one attached hydrogen (secondary N) is 2. The smallest absolute Gasteiger partial charge is 0.220 e. The van der Waals surface area contributed by atoms with E-state index in [1.54, 1.807) is 11.8 Å². The first-order chi connectivity index (χ1) is 9.79. The van der Waals surface area contributed by atoms with Gasteiger partial charge >= 0.3 is 0 Å². The molecule has 0 saturated carbocycles. The molecular weight excluding hydrogens is 312 g/mol. The number of rotatable bonds is 7. The molecule has 2 rings (SSSR count). The van der Waals surface area contributed by atoms with Crippen molar-refractivity contribution in [3.05, 3.63) is 18.2 Å². The highest BCUT2D eigenvalue weighted by molar-refractivity contribution is 7.99. The zero-order valence-corrected chi connectivity index (χ0v) is 13.6. The van der Waals surface area contributed by atoms with E-state index in [1.165, 1.54) is 0 Å². The van der Waals surface area contributed by atoms with E-state index in [9.17, 15) is 4.79 Å². The fraction of sp³-hybridized carbons (Fsp3) is 0.500. The number of carbonyl (C=O) groups excluding carboxylic acids is 1. The monoisotopic (exact) mass is 332 g/mol. The largest absolute Gasteiger partial charge is 0.486 e. The van der Waals surface area contributed by atoms with Crippen LogP contribution in [-0.2, 0) is 4.79 Å². The number of carbonyl (C=O) groups is 1. The molecule has 1 amide bonds. The van der Waals surface area contributed by atoms with Crippen LogP contribution in [0.1, 0.15) is 6.42 Å². The number of benzene rings is 1. The zero-order chi connectivity index (χ0) is 14.2. The molecule has 2 N–H and O–H groups in total. The maximum Gasteiger partial charge on any atom is 0.220 e. The molecule has 5 nitrogen and oxygen atoms in total. The minimum atomic E-state index is 0. The molecule has 21 heavy (non-hydrogen) atoms.